The zero-order valence-corrected chi connectivity index (χ0v) is 11.5. The minimum absolute atomic E-state index is 0.0763. The molecule has 1 saturated heterocycles. The summed E-state index contributed by atoms with van der Waals surface area (Å²) in [5.74, 6) is -1.20. The third kappa shape index (κ3) is 3.26. The highest BCUT2D eigenvalue weighted by atomic mass is 19.1. The van der Waals surface area contributed by atoms with Crippen molar-refractivity contribution in [3.05, 3.63) is 29.3 Å². The molecule has 0 bridgehead atoms. The fourth-order valence-corrected chi connectivity index (χ4v) is 2.36. The van der Waals surface area contributed by atoms with Gasteiger partial charge in [0, 0.05) is 13.1 Å². The van der Waals surface area contributed by atoms with Gasteiger partial charge >= 0.3 is 0 Å². The zero-order valence-electron chi connectivity index (χ0n) is 11.5. The second-order valence-electron chi connectivity index (χ2n) is 4.79. The number of aliphatic hydroxyl groups excluding tert-OH is 1. The lowest BCUT2D eigenvalue weighted by atomic mass is 10.1. The molecule has 0 spiro atoms. The summed E-state index contributed by atoms with van der Waals surface area (Å²) < 4.78 is 33.6. The predicted octanol–water partition coefficient (Wildman–Crippen LogP) is 1.27. The van der Waals surface area contributed by atoms with Crippen molar-refractivity contribution in [3.8, 4) is 0 Å². The minimum Gasteiger partial charge on any atom is -0.394 e. The Morgan fingerprint density at radius 3 is 2.70 bits per heavy atom. The first-order valence-electron chi connectivity index (χ1n) is 6.81. The van der Waals surface area contributed by atoms with E-state index in [1.807, 2.05) is 6.92 Å². The van der Waals surface area contributed by atoms with Crippen molar-refractivity contribution in [2.24, 2.45) is 0 Å². The molecule has 1 aromatic rings. The molecule has 2 N–H and O–H groups in total. The molecule has 20 heavy (non-hydrogen) atoms. The number of aliphatic hydroxyl groups is 1. The summed E-state index contributed by atoms with van der Waals surface area (Å²) in [6.45, 7) is 3.94. The van der Waals surface area contributed by atoms with Crippen LogP contribution in [0.1, 0.15) is 12.5 Å². The molecule has 112 valence electrons. The van der Waals surface area contributed by atoms with E-state index in [2.05, 4.69) is 5.32 Å². The van der Waals surface area contributed by atoms with Crippen molar-refractivity contribution < 1.29 is 18.6 Å². The second kappa shape index (κ2) is 6.97. The first-order chi connectivity index (χ1) is 9.67. The number of nitrogens with one attached hydrogen (secondary N) is 1. The number of morpholine rings is 1. The lowest BCUT2D eigenvalue weighted by Gasteiger charge is -2.36. The Morgan fingerprint density at radius 2 is 2.10 bits per heavy atom. The van der Waals surface area contributed by atoms with E-state index in [9.17, 15) is 13.9 Å². The Bertz CT molecular complexity index is 434. The molecule has 1 fully saturated rings. The number of rotatable bonds is 5. The quantitative estimate of drug-likeness (QED) is 0.856. The Morgan fingerprint density at radius 1 is 1.40 bits per heavy atom. The molecular weight excluding hydrogens is 266 g/mol. The average Bonchev–Trinajstić information content (AvgIpc) is 2.45. The zero-order chi connectivity index (χ0) is 14.5. The smallest absolute Gasteiger partial charge is 0.149 e. The lowest BCUT2D eigenvalue weighted by Crippen LogP contribution is -2.48. The van der Waals surface area contributed by atoms with Gasteiger partial charge in [0.2, 0.25) is 0 Å². The van der Waals surface area contributed by atoms with Crippen LogP contribution in [-0.4, -0.2) is 44.1 Å². The number of halogens is 2. The molecule has 2 rings (SSSR count). The van der Waals surface area contributed by atoms with Crippen LogP contribution >= 0.6 is 0 Å². The van der Waals surface area contributed by atoms with Crippen molar-refractivity contribution >= 4 is 5.69 Å². The van der Waals surface area contributed by atoms with E-state index < -0.39 is 17.7 Å². The third-order valence-electron chi connectivity index (χ3n) is 3.38. The van der Waals surface area contributed by atoms with E-state index in [4.69, 9.17) is 4.74 Å². The third-order valence-corrected chi connectivity index (χ3v) is 3.38. The number of anilines is 1. The van der Waals surface area contributed by atoms with Crippen LogP contribution in [0.2, 0.25) is 0 Å². The molecule has 4 nitrogen and oxygen atoms in total. The number of hydrogen-bond donors (Lipinski definition) is 2. The van der Waals surface area contributed by atoms with Crippen LogP contribution in [0.5, 0.6) is 0 Å². The van der Waals surface area contributed by atoms with Crippen LogP contribution in [0.15, 0.2) is 12.1 Å². The minimum atomic E-state index is -0.599. The molecule has 1 heterocycles. The normalized spacial score (nSPS) is 19.4. The molecule has 0 aromatic heterocycles. The molecule has 0 amide bonds. The monoisotopic (exact) mass is 286 g/mol. The molecule has 1 aromatic carbocycles. The van der Waals surface area contributed by atoms with Gasteiger partial charge < -0.3 is 20.1 Å². The van der Waals surface area contributed by atoms with E-state index in [0.29, 0.717) is 25.3 Å². The summed E-state index contributed by atoms with van der Waals surface area (Å²) in [6, 6.07) is 2.27. The maximum Gasteiger partial charge on any atom is 0.149 e. The van der Waals surface area contributed by atoms with Crippen LogP contribution in [0, 0.1) is 11.6 Å². The Hall–Kier alpha value is -1.24. The number of nitrogens with zero attached hydrogens (tertiary/aromatic N) is 1. The van der Waals surface area contributed by atoms with Crippen LogP contribution < -0.4 is 10.2 Å². The van der Waals surface area contributed by atoms with Crippen LogP contribution in [0.4, 0.5) is 14.5 Å². The van der Waals surface area contributed by atoms with Gasteiger partial charge in [0.25, 0.3) is 0 Å². The molecule has 1 unspecified atom stereocenters. The summed E-state index contributed by atoms with van der Waals surface area (Å²) in [6.07, 6.45) is 0. The van der Waals surface area contributed by atoms with Crippen molar-refractivity contribution in [1.82, 2.24) is 5.32 Å². The Balaban J connectivity index is 2.26. The van der Waals surface area contributed by atoms with E-state index >= 15 is 0 Å². The van der Waals surface area contributed by atoms with Gasteiger partial charge in [0.1, 0.15) is 17.3 Å². The van der Waals surface area contributed by atoms with Gasteiger partial charge in [-0.05, 0) is 24.2 Å². The highest BCUT2D eigenvalue weighted by Crippen LogP contribution is 2.28. The van der Waals surface area contributed by atoms with Gasteiger partial charge in [-0.25, -0.2) is 8.78 Å². The first-order valence-corrected chi connectivity index (χ1v) is 6.81. The van der Waals surface area contributed by atoms with Crippen LogP contribution in [0.3, 0.4) is 0 Å². The van der Waals surface area contributed by atoms with Crippen molar-refractivity contribution in [3.63, 3.8) is 0 Å². The highest BCUT2D eigenvalue weighted by Gasteiger charge is 2.27. The van der Waals surface area contributed by atoms with Crippen LogP contribution in [0.25, 0.3) is 0 Å². The summed E-state index contributed by atoms with van der Waals surface area (Å²) in [5.41, 5.74) is 0.493. The van der Waals surface area contributed by atoms with Crippen molar-refractivity contribution in [2.75, 3.05) is 37.8 Å². The summed E-state index contributed by atoms with van der Waals surface area (Å²) in [4.78, 5) is 1.55. The van der Waals surface area contributed by atoms with Gasteiger partial charge in [-0.15, -0.1) is 0 Å². The van der Waals surface area contributed by atoms with E-state index in [-0.39, 0.29) is 18.9 Å². The van der Waals surface area contributed by atoms with Gasteiger partial charge in [0.05, 0.1) is 25.9 Å². The highest BCUT2D eigenvalue weighted by molar-refractivity contribution is 5.52. The molecule has 1 aliphatic rings. The summed E-state index contributed by atoms with van der Waals surface area (Å²) in [5, 5.41) is 12.3. The van der Waals surface area contributed by atoms with Crippen LogP contribution in [-0.2, 0) is 11.3 Å². The Kier molecular flexibility index (Phi) is 5.28. The van der Waals surface area contributed by atoms with Gasteiger partial charge in [-0.3, -0.25) is 0 Å². The maximum absolute atomic E-state index is 14.2. The average molecular weight is 286 g/mol. The number of ether oxygens (including phenoxy) is 1. The molecule has 1 atom stereocenters. The molecule has 0 radical (unpaired) electrons. The SMILES string of the molecule is CCNCc1cc(F)c(N2CCOCC2CO)c(F)c1. The Labute approximate surface area is 117 Å². The topological polar surface area (TPSA) is 44.7 Å². The second-order valence-corrected chi connectivity index (χ2v) is 4.79. The largest absolute Gasteiger partial charge is 0.394 e. The van der Waals surface area contributed by atoms with E-state index in [1.165, 1.54) is 12.1 Å². The fraction of sp³-hybridized carbons (Fsp3) is 0.571. The van der Waals surface area contributed by atoms with Crippen molar-refractivity contribution in [2.45, 2.75) is 19.5 Å². The molecule has 6 heteroatoms. The van der Waals surface area contributed by atoms with E-state index in [0.717, 1.165) is 6.54 Å². The number of hydrogen-bond acceptors (Lipinski definition) is 4. The lowest BCUT2D eigenvalue weighted by molar-refractivity contribution is 0.0719. The standard InChI is InChI=1S/C14H20F2N2O2/c1-2-17-7-10-5-12(15)14(13(16)6-10)18-3-4-20-9-11(18)8-19/h5-6,11,17,19H,2-4,7-9H2,1H3. The summed E-state index contributed by atoms with van der Waals surface area (Å²) >= 11 is 0. The molecule has 1 aliphatic heterocycles. The van der Waals surface area contributed by atoms with E-state index in [1.54, 1.807) is 4.90 Å². The molecule has 0 aliphatic carbocycles. The van der Waals surface area contributed by atoms with Crippen molar-refractivity contribution in [1.29, 1.82) is 0 Å². The molecular formula is C14H20F2N2O2. The fourth-order valence-electron chi connectivity index (χ4n) is 2.36. The van der Waals surface area contributed by atoms with Gasteiger partial charge in [-0.2, -0.15) is 0 Å². The number of benzene rings is 1. The maximum atomic E-state index is 14.2. The summed E-state index contributed by atoms with van der Waals surface area (Å²) in [7, 11) is 0. The molecule has 0 saturated carbocycles. The first kappa shape index (κ1) is 15.2. The predicted molar refractivity (Wildman–Crippen MR) is 72.8 cm³/mol. The van der Waals surface area contributed by atoms with Gasteiger partial charge in [0.15, 0.2) is 0 Å². The van der Waals surface area contributed by atoms with Gasteiger partial charge in [-0.1, -0.05) is 6.92 Å².